The molecule has 1 saturated heterocycles. The van der Waals surface area contributed by atoms with Crippen molar-refractivity contribution in [1.29, 1.82) is 0 Å². The van der Waals surface area contributed by atoms with Gasteiger partial charge in [-0.2, -0.15) is 0 Å². The van der Waals surface area contributed by atoms with Gasteiger partial charge in [-0.1, -0.05) is 50.1 Å². The number of aliphatic imine (C=N–C) groups is 1. The van der Waals surface area contributed by atoms with Crippen LogP contribution in [0.15, 0.2) is 64.5 Å². The van der Waals surface area contributed by atoms with Crippen LogP contribution >= 0.6 is 11.8 Å². The molecule has 0 aromatic heterocycles. The minimum atomic E-state index is -1.03. The predicted octanol–water partition coefficient (Wildman–Crippen LogP) is 5.33. The molecule has 2 aliphatic rings. The van der Waals surface area contributed by atoms with Gasteiger partial charge < -0.3 is 9.84 Å². The summed E-state index contributed by atoms with van der Waals surface area (Å²) in [5.74, 6) is -0.191. The molecule has 2 aromatic rings. The zero-order valence-electron chi connectivity index (χ0n) is 17.9. The molecular weight excluding hydrogens is 424 g/mol. The molecule has 1 saturated carbocycles. The normalized spacial score (nSPS) is 23.7. The maximum absolute atomic E-state index is 13.5. The van der Waals surface area contributed by atoms with Crippen LogP contribution in [0.2, 0.25) is 0 Å². The maximum atomic E-state index is 13.5. The average Bonchev–Trinajstić information content (AvgIpc) is 3.08. The summed E-state index contributed by atoms with van der Waals surface area (Å²) < 4.78 is 5.28. The van der Waals surface area contributed by atoms with Crippen molar-refractivity contribution in [1.82, 2.24) is 4.90 Å². The summed E-state index contributed by atoms with van der Waals surface area (Å²) in [5.41, 5.74) is 1.60. The summed E-state index contributed by atoms with van der Waals surface area (Å²) in [5, 5.41) is 9.54. The van der Waals surface area contributed by atoms with E-state index in [0.717, 1.165) is 30.5 Å². The number of amides is 1. The van der Waals surface area contributed by atoms with Crippen LogP contribution in [0.25, 0.3) is 6.08 Å². The first kappa shape index (κ1) is 22.1. The third-order valence-corrected chi connectivity index (χ3v) is 6.72. The van der Waals surface area contributed by atoms with Gasteiger partial charge in [0.15, 0.2) is 11.8 Å². The number of benzene rings is 2. The highest BCUT2D eigenvalue weighted by atomic mass is 32.2. The van der Waals surface area contributed by atoms with E-state index in [1.54, 1.807) is 18.2 Å². The Morgan fingerprint density at radius 3 is 2.72 bits per heavy atom. The number of amidine groups is 1. The van der Waals surface area contributed by atoms with E-state index < -0.39 is 12.6 Å². The third-order valence-electron chi connectivity index (χ3n) is 5.73. The molecule has 7 heteroatoms. The lowest BCUT2D eigenvalue weighted by molar-refractivity contribution is -0.139. The Bertz CT molecular complexity index is 1050. The second kappa shape index (κ2) is 10.0. The number of hydrogen-bond acceptors (Lipinski definition) is 5. The monoisotopic (exact) mass is 450 g/mol. The van der Waals surface area contributed by atoms with Gasteiger partial charge in [0.25, 0.3) is 5.91 Å². The number of thioether (sulfide) groups is 1. The van der Waals surface area contributed by atoms with E-state index in [4.69, 9.17) is 14.8 Å². The summed E-state index contributed by atoms with van der Waals surface area (Å²) in [4.78, 5) is 31.6. The Morgan fingerprint density at radius 2 is 1.97 bits per heavy atom. The molecule has 4 rings (SSSR count). The fourth-order valence-electron chi connectivity index (χ4n) is 4.14. The Hall–Kier alpha value is -3.06. The number of carbonyl (C=O) groups is 2. The van der Waals surface area contributed by atoms with Crippen molar-refractivity contribution in [2.75, 3.05) is 6.61 Å². The average molecular weight is 451 g/mol. The zero-order valence-corrected chi connectivity index (χ0v) is 18.8. The van der Waals surface area contributed by atoms with Crippen molar-refractivity contribution in [2.24, 2.45) is 10.9 Å². The number of hydrogen-bond donors (Lipinski definition) is 1. The standard InChI is InChI=1S/C25H26N2O4S/c1-17-8-5-6-13-21(17)27-24(30)22(32-25(27)26-19-10-3-2-4-11-19)15-18-9-7-12-20(14-18)31-16-23(28)29/h2-4,7,9-12,14-15,17,21H,5-6,8,13,16H2,1H3,(H,28,29)/b22-15-,26-25?/t17-,21+/m0/s1. The lowest BCUT2D eigenvalue weighted by atomic mass is 9.85. The quantitative estimate of drug-likeness (QED) is 0.602. The van der Waals surface area contributed by atoms with Gasteiger partial charge in [0.1, 0.15) is 5.75 Å². The highest BCUT2D eigenvalue weighted by Crippen LogP contribution is 2.40. The summed E-state index contributed by atoms with van der Waals surface area (Å²) in [6.07, 6.45) is 6.23. The molecule has 0 bridgehead atoms. The molecule has 0 unspecified atom stereocenters. The Morgan fingerprint density at radius 1 is 1.19 bits per heavy atom. The third kappa shape index (κ3) is 5.22. The molecule has 2 aromatic carbocycles. The second-order valence-corrected chi connectivity index (χ2v) is 9.11. The lowest BCUT2D eigenvalue weighted by Gasteiger charge is -2.35. The highest BCUT2D eigenvalue weighted by molar-refractivity contribution is 8.18. The molecule has 0 radical (unpaired) electrons. The van der Waals surface area contributed by atoms with E-state index in [1.165, 1.54) is 18.2 Å². The number of aliphatic carboxylic acids is 1. The van der Waals surface area contributed by atoms with Gasteiger partial charge in [-0.25, -0.2) is 9.79 Å². The van der Waals surface area contributed by atoms with Crippen LogP contribution in [0.3, 0.4) is 0 Å². The number of carboxylic acids is 1. The molecule has 2 atom stereocenters. The Labute approximate surface area is 192 Å². The summed E-state index contributed by atoms with van der Waals surface area (Å²) in [7, 11) is 0. The number of rotatable bonds is 6. The molecule has 2 fully saturated rings. The molecule has 1 heterocycles. The molecule has 32 heavy (non-hydrogen) atoms. The smallest absolute Gasteiger partial charge is 0.341 e. The Kier molecular flexibility index (Phi) is 6.95. The number of carbonyl (C=O) groups excluding carboxylic acids is 1. The largest absolute Gasteiger partial charge is 0.482 e. The van der Waals surface area contributed by atoms with Crippen LogP contribution in [-0.2, 0) is 9.59 Å². The zero-order chi connectivity index (χ0) is 22.5. The van der Waals surface area contributed by atoms with E-state index in [-0.39, 0.29) is 11.9 Å². The summed E-state index contributed by atoms with van der Waals surface area (Å²) in [6.45, 7) is 1.81. The lowest BCUT2D eigenvalue weighted by Crippen LogP contribution is -2.44. The van der Waals surface area contributed by atoms with Crippen molar-refractivity contribution in [3.8, 4) is 5.75 Å². The van der Waals surface area contributed by atoms with Gasteiger partial charge in [-0.05, 0) is 66.4 Å². The first-order valence-corrected chi connectivity index (χ1v) is 11.6. The molecule has 1 amide bonds. The van der Waals surface area contributed by atoms with Gasteiger partial charge in [-0.15, -0.1) is 0 Å². The molecule has 6 nitrogen and oxygen atoms in total. The van der Waals surface area contributed by atoms with E-state index in [1.807, 2.05) is 47.4 Å². The molecular formula is C25H26N2O4S. The minimum absolute atomic E-state index is 0.0275. The van der Waals surface area contributed by atoms with Crippen LogP contribution in [0.4, 0.5) is 5.69 Å². The van der Waals surface area contributed by atoms with Crippen LogP contribution in [0.1, 0.15) is 38.2 Å². The van der Waals surface area contributed by atoms with Gasteiger partial charge in [0.2, 0.25) is 0 Å². The van der Waals surface area contributed by atoms with Crippen molar-refractivity contribution in [3.63, 3.8) is 0 Å². The molecule has 1 aliphatic heterocycles. The van der Waals surface area contributed by atoms with Crippen molar-refractivity contribution >= 4 is 40.6 Å². The topological polar surface area (TPSA) is 79.2 Å². The van der Waals surface area contributed by atoms with Crippen LogP contribution in [-0.4, -0.2) is 39.7 Å². The fourth-order valence-corrected chi connectivity index (χ4v) is 5.19. The van der Waals surface area contributed by atoms with Crippen LogP contribution in [0, 0.1) is 5.92 Å². The fraction of sp³-hybridized carbons (Fsp3) is 0.320. The minimum Gasteiger partial charge on any atom is -0.482 e. The predicted molar refractivity (Wildman–Crippen MR) is 127 cm³/mol. The Balaban J connectivity index is 1.65. The number of nitrogens with zero attached hydrogens (tertiary/aromatic N) is 2. The summed E-state index contributed by atoms with van der Waals surface area (Å²) in [6, 6.07) is 16.9. The van der Waals surface area contributed by atoms with Crippen molar-refractivity contribution in [3.05, 3.63) is 65.1 Å². The second-order valence-electron chi connectivity index (χ2n) is 8.10. The molecule has 0 spiro atoms. The van der Waals surface area contributed by atoms with E-state index in [9.17, 15) is 9.59 Å². The first-order valence-electron chi connectivity index (χ1n) is 10.8. The van der Waals surface area contributed by atoms with E-state index in [0.29, 0.717) is 21.7 Å². The van der Waals surface area contributed by atoms with Gasteiger partial charge in [0, 0.05) is 6.04 Å². The van der Waals surface area contributed by atoms with Crippen molar-refractivity contribution < 1.29 is 19.4 Å². The highest BCUT2D eigenvalue weighted by Gasteiger charge is 2.41. The first-order chi connectivity index (χ1) is 15.5. The van der Waals surface area contributed by atoms with Gasteiger partial charge in [0.05, 0.1) is 10.6 Å². The van der Waals surface area contributed by atoms with E-state index in [2.05, 4.69) is 6.92 Å². The summed E-state index contributed by atoms with van der Waals surface area (Å²) >= 11 is 1.39. The number of ether oxygens (including phenoxy) is 1. The molecule has 1 N–H and O–H groups in total. The van der Waals surface area contributed by atoms with Crippen molar-refractivity contribution in [2.45, 2.75) is 38.6 Å². The van der Waals surface area contributed by atoms with E-state index >= 15 is 0 Å². The maximum Gasteiger partial charge on any atom is 0.341 e. The van der Waals surface area contributed by atoms with Gasteiger partial charge in [-0.3, -0.25) is 9.69 Å². The van der Waals surface area contributed by atoms with Crippen LogP contribution in [0.5, 0.6) is 5.75 Å². The molecule has 166 valence electrons. The van der Waals surface area contributed by atoms with Gasteiger partial charge >= 0.3 is 5.97 Å². The number of para-hydroxylation sites is 1. The SMILES string of the molecule is C[C@H]1CCCC[C@H]1N1C(=O)/C(=C/c2cccc(OCC(=O)O)c2)SC1=Nc1ccccc1. The molecule has 1 aliphatic carbocycles. The van der Waals surface area contributed by atoms with Crippen LogP contribution < -0.4 is 4.74 Å². The number of carboxylic acid groups (broad SMARTS) is 1.